The molecule has 1 saturated carbocycles. The lowest BCUT2D eigenvalue weighted by Crippen LogP contribution is -2.38. The van der Waals surface area contributed by atoms with Crippen molar-refractivity contribution in [1.29, 1.82) is 0 Å². The molecule has 2 aromatic carbocycles. The van der Waals surface area contributed by atoms with E-state index in [-0.39, 0.29) is 24.1 Å². The number of hydrogen-bond donors (Lipinski definition) is 2. The van der Waals surface area contributed by atoms with Crippen molar-refractivity contribution in [2.24, 2.45) is 0 Å². The Hall–Kier alpha value is -3.15. The third-order valence-electron chi connectivity index (χ3n) is 5.08. The topological polar surface area (TPSA) is 84.1 Å². The molecule has 1 aromatic heterocycles. The predicted octanol–water partition coefficient (Wildman–Crippen LogP) is 3.42. The smallest absolute Gasteiger partial charge is 0.259 e. The first-order valence-corrected chi connectivity index (χ1v) is 9.71. The summed E-state index contributed by atoms with van der Waals surface area (Å²) >= 11 is 0. The van der Waals surface area contributed by atoms with Gasteiger partial charge in [-0.25, -0.2) is 4.98 Å². The van der Waals surface area contributed by atoms with Crippen LogP contribution in [0, 0.1) is 0 Å². The van der Waals surface area contributed by atoms with Gasteiger partial charge in [-0.15, -0.1) is 0 Å². The van der Waals surface area contributed by atoms with Gasteiger partial charge in [-0.05, 0) is 49.2 Å². The normalized spacial score (nSPS) is 14.7. The number of rotatable bonds is 5. The number of para-hydroxylation sites is 1. The molecule has 0 saturated heterocycles. The van der Waals surface area contributed by atoms with Crippen molar-refractivity contribution in [2.75, 3.05) is 6.61 Å². The Bertz CT molecular complexity index is 1020. The van der Waals surface area contributed by atoms with E-state index in [9.17, 15) is 9.59 Å². The molecule has 6 heteroatoms. The van der Waals surface area contributed by atoms with Crippen molar-refractivity contribution in [1.82, 2.24) is 15.3 Å². The van der Waals surface area contributed by atoms with Crippen molar-refractivity contribution in [2.45, 2.75) is 38.1 Å². The van der Waals surface area contributed by atoms with Crippen LogP contribution in [0.3, 0.4) is 0 Å². The van der Waals surface area contributed by atoms with E-state index in [0.29, 0.717) is 22.5 Å². The number of aromatic amines is 1. The van der Waals surface area contributed by atoms with Crippen molar-refractivity contribution in [3.63, 3.8) is 0 Å². The van der Waals surface area contributed by atoms with Gasteiger partial charge in [-0.1, -0.05) is 31.4 Å². The summed E-state index contributed by atoms with van der Waals surface area (Å²) in [7, 11) is 0. The second-order valence-electron chi connectivity index (χ2n) is 7.15. The van der Waals surface area contributed by atoms with E-state index >= 15 is 0 Å². The molecule has 6 nitrogen and oxygen atoms in total. The fourth-order valence-corrected chi connectivity index (χ4v) is 3.60. The third kappa shape index (κ3) is 4.22. The quantitative estimate of drug-likeness (QED) is 0.714. The molecular formula is C22H23N3O3. The molecule has 3 aromatic rings. The summed E-state index contributed by atoms with van der Waals surface area (Å²) in [5.41, 5.74) is 1.27. The molecule has 28 heavy (non-hydrogen) atoms. The highest BCUT2D eigenvalue weighted by molar-refractivity contribution is 5.79. The van der Waals surface area contributed by atoms with E-state index < -0.39 is 0 Å². The van der Waals surface area contributed by atoms with Crippen LogP contribution >= 0.6 is 0 Å². The number of H-pyrrole nitrogens is 1. The summed E-state index contributed by atoms with van der Waals surface area (Å²) in [5, 5.41) is 3.60. The van der Waals surface area contributed by atoms with Crippen molar-refractivity contribution >= 4 is 16.8 Å². The molecular weight excluding hydrogens is 354 g/mol. The van der Waals surface area contributed by atoms with Gasteiger partial charge in [0, 0.05) is 11.6 Å². The molecule has 0 unspecified atom stereocenters. The van der Waals surface area contributed by atoms with Gasteiger partial charge >= 0.3 is 0 Å². The zero-order valence-electron chi connectivity index (χ0n) is 15.6. The van der Waals surface area contributed by atoms with Gasteiger partial charge in [0.2, 0.25) is 0 Å². The molecule has 0 aliphatic heterocycles. The average molecular weight is 377 g/mol. The molecule has 4 rings (SSSR count). The van der Waals surface area contributed by atoms with Crippen LogP contribution in [-0.2, 0) is 4.79 Å². The first-order chi connectivity index (χ1) is 13.7. The van der Waals surface area contributed by atoms with Crippen LogP contribution in [0.2, 0.25) is 0 Å². The Kier molecular flexibility index (Phi) is 5.37. The molecule has 0 radical (unpaired) electrons. The lowest BCUT2D eigenvalue weighted by atomic mass is 9.95. The lowest BCUT2D eigenvalue weighted by molar-refractivity contribution is -0.124. The van der Waals surface area contributed by atoms with E-state index in [1.165, 1.54) is 19.3 Å². The Morgan fingerprint density at radius 1 is 1.07 bits per heavy atom. The second-order valence-corrected chi connectivity index (χ2v) is 7.15. The number of amides is 1. The predicted molar refractivity (Wildman–Crippen MR) is 108 cm³/mol. The summed E-state index contributed by atoms with van der Waals surface area (Å²) < 4.78 is 5.59. The number of fused-ring (bicyclic) bond motifs is 1. The summed E-state index contributed by atoms with van der Waals surface area (Å²) in [6.07, 6.45) is 5.72. The molecule has 0 spiro atoms. The fourth-order valence-electron chi connectivity index (χ4n) is 3.60. The number of benzene rings is 2. The Morgan fingerprint density at radius 3 is 2.61 bits per heavy atom. The van der Waals surface area contributed by atoms with Crippen molar-refractivity contribution < 1.29 is 9.53 Å². The van der Waals surface area contributed by atoms with Crippen LogP contribution in [0.25, 0.3) is 22.3 Å². The number of nitrogens with zero attached hydrogens (tertiary/aromatic N) is 1. The molecule has 144 valence electrons. The van der Waals surface area contributed by atoms with E-state index in [1.807, 2.05) is 30.3 Å². The summed E-state index contributed by atoms with van der Waals surface area (Å²) in [6, 6.07) is 14.7. The van der Waals surface area contributed by atoms with Gasteiger partial charge in [-0.2, -0.15) is 0 Å². The number of nitrogens with one attached hydrogen (secondary N) is 2. The minimum atomic E-state index is -0.166. The highest BCUT2D eigenvalue weighted by atomic mass is 16.5. The standard InChI is InChI=1S/C22H23N3O3/c26-20(23-16-6-2-1-3-7-16)14-28-17-12-10-15(11-13-17)21-24-19-9-5-4-8-18(19)22(27)25-21/h4-5,8-13,16H,1-3,6-7,14H2,(H,23,26)(H,24,25,27). The van der Waals surface area contributed by atoms with E-state index in [1.54, 1.807) is 18.2 Å². The zero-order valence-corrected chi connectivity index (χ0v) is 15.6. The summed E-state index contributed by atoms with van der Waals surface area (Å²) in [5.74, 6) is 1.02. The third-order valence-corrected chi connectivity index (χ3v) is 5.08. The Labute approximate surface area is 163 Å². The summed E-state index contributed by atoms with van der Waals surface area (Å²) in [6.45, 7) is 0.000897. The molecule has 1 fully saturated rings. The van der Waals surface area contributed by atoms with Crippen LogP contribution in [0.15, 0.2) is 53.3 Å². The SMILES string of the molecule is O=C(COc1ccc(-c2nc3ccccc3c(=O)[nH]2)cc1)NC1CCCCC1. The number of ether oxygens (including phenoxy) is 1. The van der Waals surface area contributed by atoms with Gasteiger partial charge in [0.05, 0.1) is 10.9 Å². The molecule has 2 N–H and O–H groups in total. The van der Waals surface area contributed by atoms with Crippen LogP contribution in [0.1, 0.15) is 32.1 Å². The zero-order chi connectivity index (χ0) is 19.3. The highest BCUT2D eigenvalue weighted by Crippen LogP contribution is 2.20. The minimum absolute atomic E-state index is 0.000897. The van der Waals surface area contributed by atoms with Crippen molar-refractivity contribution in [3.8, 4) is 17.1 Å². The van der Waals surface area contributed by atoms with Gasteiger partial charge in [0.15, 0.2) is 6.61 Å². The molecule has 1 aliphatic carbocycles. The number of carbonyl (C=O) groups is 1. The largest absolute Gasteiger partial charge is 0.484 e. The van der Waals surface area contributed by atoms with Crippen molar-refractivity contribution in [3.05, 3.63) is 58.9 Å². The molecule has 1 heterocycles. The van der Waals surface area contributed by atoms with E-state index in [2.05, 4.69) is 15.3 Å². The second kappa shape index (κ2) is 8.25. The minimum Gasteiger partial charge on any atom is -0.484 e. The first kappa shape index (κ1) is 18.2. The summed E-state index contributed by atoms with van der Waals surface area (Å²) in [4.78, 5) is 31.6. The highest BCUT2D eigenvalue weighted by Gasteiger charge is 2.15. The maximum absolute atomic E-state index is 12.2. The fraction of sp³-hybridized carbons (Fsp3) is 0.318. The van der Waals surface area contributed by atoms with Crippen LogP contribution in [0.4, 0.5) is 0 Å². The van der Waals surface area contributed by atoms with Gasteiger partial charge in [0.25, 0.3) is 11.5 Å². The van der Waals surface area contributed by atoms with Crippen LogP contribution < -0.4 is 15.6 Å². The maximum Gasteiger partial charge on any atom is 0.259 e. The molecule has 0 atom stereocenters. The van der Waals surface area contributed by atoms with Crippen LogP contribution in [0.5, 0.6) is 5.75 Å². The molecule has 1 amide bonds. The van der Waals surface area contributed by atoms with Gasteiger partial charge < -0.3 is 15.0 Å². The first-order valence-electron chi connectivity index (χ1n) is 9.71. The van der Waals surface area contributed by atoms with Crippen LogP contribution in [-0.4, -0.2) is 28.5 Å². The van der Waals surface area contributed by atoms with Gasteiger partial charge in [-0.3, -0.25) is 9.59 Å². The lowest BCUT2D eigenvalue weighted by Gasteiger charge is -2.22. The van der Waals surface area contributed by atoms with Gasteiger partial charge in [0.1, 0.15) is 11.6 Å². The Morgan fingerprint density at radius 2 is 1.82 bits per heavy atom. The molecule has 0 bridgehead atoms. The van der Waals surface area contributed by atoms with E-state index in [4.69, 9.17) is 4.74 Å². The maximum atomic E-state index is 12.2. The Balaban J connectivity index is 1.40. The monoisotopic (exact) mass is 377 g/mol. The molecule has 1 aliphatic rings. The number of carbonyl (C=O) groups excluding carboxylic acids is 1. The van der Waals surface area contributed by atoms with E-state index in [0.717, 1.165) is 18.4 Å². The average Bonchev–Trinajstić information content (AvgIpc) is 2.73. The number of aromatic nitrogens is 2. The number of hydrogen-bond acceptors (Lipinski definition) is 4.